The van der Waals surface area contributed by atoms with Crippen LogP contribution in [0, 0.1) is 13.8 Å². The maximum atomic E-state index is 4.16. The third kappa shape index (κ3) is 5.25. The summed E-state index contributed by atoms with van der Waals surface area (Å²) in [6, 6.07) is 30.3. The number of benzene rings is 4. The Balaban J connectivity index is 1.70. The van der Waals surface area contributed by atoms with Gasteiger partial charge in [-0.3, -0.25) is 0 Å². The van der Waals surface area contributed by atoms with Gasteiger partial charge in [0.15, 0.2) is 0 Å². The van der Waals surface area contributed by atoms with Crippen LogP contribution in [-0.4, -0.2) is 6.54 Å². The molecule has 2 aliphatic rings. The molecule has 0 amide bonds. The summed E-state index contributed by atoms with van der Waals surface area (Å²) in [5, 5.41) is 3.88. The van der Waals surface area contributed by atoms with Gasteiger partial charge in [-0.05, 0) is 97.5 Å². The molecule has 1 aliphatic carbocycles. The Labute approximate surface area is 268 Å². The first-order chi connectivity index (χ1) is 21.9. The molecular formula is C42H41N3. The SMILES string of the molecule is C=C/C(C)=C/CN1C2=C(C)C(=CC2c2ccccc2C=C)Nc2cccc(c2C)N(c2ccccc2C=C)c2cccc1c2C. The number of fused-ring (bicyclic) bond motifs is 5. The lowest BCUT2D eigenvalue weighted by Gasteiger charge is -2.35. The zero-order valence-corrected chi connectivity index (χ0v) is 26.8. The van der Waals surface area contributed by atoms with Crippen LogP contribution in [0.5, 0.6) is 0 Å². The normalized spacial score (nSPS) is 16.0. The van der Waals surface area contributed by atoms with E-state index in [9.17, 15) is 0 Å². The van der Waals surface area contributed by atoms with Gasteiger partial charge in [0.1, 0.15) is 0 Å². The van der Waals surface area contributed by atoms with Crippen molar-refractivity contribution in [1.29, 1.82) is 0 Å². The predicted octanol–water partition coefficient (Wildman–Crippen LogP) is 11.4. The summed E-state index contributed by atoms with van der Waals surface area (Å²) >= 11 is 0. The highest BCUT2D eigenvalue weighted by Crippen LogP contribution is 2.48. The average Bonchev–Trinajstić information content (AvgIpc) is 3.38. The number of allylic oxidation sites excluding steroid dienone is 4. The molecule has 1 unspecified atom stereocenters. The molecule has 3 heteroatoms. The van der Waals surface area contributed by atoms with Crippen molar-refractivity contribution in [2.24, 2.45) is 0 Å². The van der Waals surface area contributed by atoms with Gasteiger partial charge < -0.3 is 15.1 Å². The fraction of sp³-hybridized carbons (Fsp3) is 0.143. The van der Waals surface area contributed by atoms with E-state index in [1.807, 2.05) is 18.2 Å². The summed E-state index contributed by atoms with van der Waals surface area (Å²) < 4.78 is 0. The summed E-state index contributed by atoms with van der Waals surface area (Å²) in [5.41, 5.74) is 16.2. The minimum absolute atomic E-state index is 0.0315. The van der Waals surface area contributed by atoms with Gasteiger partial charge in [-0.1, -0.05) is 104 Å². The van der Waals surface area contributed by atoms with Gasteiger partial charge in [0.2, 0.25) is 0 Å². The molecule has 1 N–H and O–H groups in total. The van der Waals surface area contributed by atoms with Gasteiger partial charge in [0, 0.05) is 35.2 Å². The van der Waals surface area contributed by atoms with Crippen molar-refractivity contribution in [3.05, 3.63) is 173 Å². The van der Waals surface area contributed by atoms with E-state index in [0.717, 1.165) is 45.1 Å². The van der Waals surface area contributed by atoms with Crippen molar-refractivity contribution in [3.8, 4) is 0 Å². The number of nitrogens with one attached hydrogen (secondary N) is 1. The summed E-state index contributed by atoms with van der Waals surface area (Å²) in [5.74, 6) is 0.0315. The molecule has 3 nitrogen and oxygen atoms in total. The van der Waals surface area contributed by atoms with Gasteiger partial charge in [0.05, 0.1) is 17.1 Å². The number of anilines is 5. The van der Waals surface area contributed by atoms with Crippen LogP contribution in [-0.2, 0) is 0 Å². The van der Waals surface area contributed by atoms with Crippen LogP contribution in [0.1, 0.15) is 47.6 Å². The third-order valence-corrected chi connectivity index (χ3v) is 9.20. The lowest BCUT2D eigenvalue weighted by Crippen LogP contribution is -2.28. The fourth-order valence-electron chi connectivity index (χ4n) is 6.66. The zero-order chi connectivity index (χ0) is 31.7. The maximum absolute atomic E-state index is 4.16. The maximum Gasteiger partial charge on any atom is 0.0534 e. The van der Waals surface area contributed by atoms with Crippen LogP contribution < -0.4 is 15.1 Å². The second-order valence-corrected chi connectivity index (χ2v) is 11.8. The van der Waals surface area contributed by atoms with Crippen LogP contribution in [0.25, 0.3) is 12.2 Å². The van der Waals surface area contributed by atoms with Crippen LogP contribution in [0.3, 0.4) is 0 Å². The Kier molecular flexibility index (Phi) is 8.19. The monoisotopic (exact) mass is 587 g/mol. The zero-order valence-electron chi connectivity index (χ0n) is 26.8. The summed E-state index contributed by atoms with van der Waals surface area (Å²) in [7, 11) is 0. The highest BCUT2D eigenvalue weighted by Gasteiger charge is 2.33. The smallest absolute Gasteiger partial charge is 0.0534 e. The molecule has 0 fully saturated rings. The second-order valence-electron chi connectivity index (χ2n) is 11.8. The highest BCUT2D eigenvalue weighted by atomic mass is 15.2. The van der Waals surface area contributed by atoms with Crippen molar-refractivity contribution in [2.45, 2.75) is 33.6 Å². The minimum atomic E-state index is 0.0315. The quantitative estimate of drug-likeness (QED) is 0.217. The van der Waals surface area contributed by atoms with Gasteiger partial charge >= 0.3 is 0 Å². The van der Waals surface area contributed by atoms with E-state index < -0.39 is 0 Å². The molecule has 0 spiro atoms. The summed E-state index contributed by atoms with van der Waals surface area (Å²) in [4.78, 5) is 4.89. The predicted molar refractivity (Wildman–Crippen MR) is 196 cm³/mol. The lowest BCUT2D eigenvalue weighted by molar-refractivity contribution is 0.876. The number of rotatable bonds is 7. The molecule has 224 valence electrons. The highest BCUT2D eigenvalue weighted by molar-refractivity contribution is 5.89. The molecule has 1 heterocycles. The van der Waals surface area contributed by atoms with E-state index in [2.05, 4.69) is 160 Å². The molecule has 0 radical (unpaired) electrons. The lowest BCUT2D eigenvalue weighted by atomic mass is 9.91. The van der Waals surface area contributed by atoms with Crippen molar-refractivity contribution in [2.75, 3.05) is 21.7 Å². The van der Waals surface area contributed by atoms with Crippen molar-refractivity contribution < 1.29 is 0 Å². The van der Waals surface area contributed by atoms with Gasteiger partial charge in [-0.2, -0.15) is 0 Å². The molecule has 0 saturated heterocycles. The van der Waals surface area contributed by atoms with E-state index in [-0.39, 0.29) is 5.92 Å². The third-order valence-electron chi connectivity index (χ3n) is 9.20. The van der Waals surface area contributed by atoms with Crippen LogP contribution in [0.4, 0.5) is 28.4 Å². The molecule has 1 atom stereocenters. The molecule has 0 saturated carbocycles. The Morgan fingerprint density at radius 1 is 0.733 bits per heavy atom. The van der Waals surface area contributed by atoms with E-state index in [1.165, 1.54) is 33.6 Å². The van der Waals surface area contributed by atoms with E-state index in [0.29, 0.717) is 6.54 Å². The topological polar surface area (TPSA) is 18.5 Å². The van der Waals surface area contributed by atoms with Crippen molar-refractivity contribution >= 4 is 40.6 Å². The molecule has 45 heavy (non-hydrogen) atoms. The van der Waals surface area contributed by atoms with Crippen molar-refractivity contribution in [3.63, 3.8) is 0 Å². The van der Waals surface area contributed by atoms with E-state index in [1.54, 1.807) is 0 Å². The first-order valence-corrected chi connectivity index (χ1v) is 15.6. The summed E-state index contributed by atoms with van der Waals surface area (Å²) in [6.45, 7) is 21.9. The molecule has 6 rings (SSSR count). The second kappa shape index (κ2) is 12.4. The van der Waals surface area contributed by atoms with Gasteiger partial charge in [-0.15, -0.1) is 0 Å². The number of hydrogen-bond acceptors (Lipinski definition) is 3. The van der Waals surface area contributed by atoms with Crippen LogP contribution >= 0.6 is 0 Å². The molecule has 4 aromatic carbocycles. The number of para-hydroxylation sites is 1. The Hall–Kier alpha value is -5.28. The van der Waals surface area contributed by atoms with Crippen molar-refractivity contribution in [1.82, 2.24) is 0 Å². The molecule has 1 aliphatic heterocycles. The summed E-state index contributed by atoms with van der Waals surface area (Å²) in [6.07, 6.45) is 10.5. The minimum Gasteiger partial charge on any atom is -0.355 e. The number of hydrogen-bond donors (Lipinski definition) is 1. The van der Waals surface area contributed by atoms with E-state index in [4.69, 9.17) is 0 Å². The first kappa shape index (κ1) is 29.8. The van der Waals surface area contributed by atoms with Crippen LogP contribution in [0.2, 0.25) is 0 Å². The van der Waals surface area contributed by atoms with Gasteiger partial charge in [0.25, 0.3) is 0 Å². The molecular weight excluding hydrogens is 546 g/mol. The standard InChI is InChI=1S/C42H41N3/c1-8-28(4)25-26-44-38-22-16-24-40(31(38)7)45(41-21-14-12-18-33(41)10-3)39-23-15-20-36(29(39)5)43-37-27-35(42(44)30(37)6)34-19-13-11-17-32(34)9-2/h8-25,27,35,43H,1-3,26H2,4-7H3/b28-25+. The Morgan fingerprint density at radius 2 is 1.36 bits per heavy atom. The van der Waals surface area contributed by atoms with Gasteiger partial charge in [-0.25, -0.2) is 0 Å². The molecule has 4 aromatic rings. The fourth-order valence-corrected chi connectivity index (χ4v) is 6.66. The Morgan fingerprint density at radius 3 is 2.09 bits per heavy atom. The van der Waals surface area contributed by atoms with Crippen LogP contribution in [0.15, 0.2) is 145 Å². The van der Waals surface area contributed by atoms with E-state index >= 15 is 0 Å². The number of nitrogens with zero attached hydrogens (tertiary/aromatic N) is 2. The molecule has 0 aromatic heterocycles. The molecule has 6 bridgehead atoms. The Bertz CT molecular complexity index is 1920. The average molecular weight is 588 g/mol. The largest absolute Gasteiger partial charge is 0.355 e. The first-order valence-electron chi connectivity index (χ1n) is 15.6.